The molecule has 3 N–H and O–H groups in total. The van der Waals surface area contributed by atoms with Crippen molar-refractivity contribution in [1.29, 1.82) is 5.26 Å². The van der Waals surface area contributed by atoms with Crippen molar-refractivity contribution in [2.24, 2.45) is 5.73 Å². The summed E-state index contributed by atoms with van der Waals surface area (Å²) in [4.78, 5) is 8.84. The largest absolute Gasteiger partial charge is 0.507 e. The number of rotatable bonds is 6. The highest BCUT2D eigenvalue weighted by Crippen LogP contribution is 2.35. The van der Waals surface area contributed by atoms with Crippen LogP contribution in [0.15, 0.2) is 72.8 Å². The van der Waals surface area contributed by atoms with E-state index in [1.807, 2.05) is 36.4 Å². The minimum atomic E-state index is 0.126. The average Bonchev–Trinajstić information content (AvgIpc) is 2.80. The number of nitrogens with zero attached hydrogens (tertiary/aromatic N) is 3. The quantitative estimate of drug-likeness (QED) is 0.453. The fraction of sp³-hybridized carbons (Fsp3) is 0.115. The van der Waals surface area contributed by atoms with Crippen LogP contribution in [0.5, 0.6) is 17.4 Å². The van der Waals surface area contributed by atoms with Crippen molar-refractivity contribution >= 4 is 0 Å². The van der Waals surface area contributed by atoms with Gasteiger partial charge in [-0.15, -0.1) is 0 Å². The number of benzene rings is 3. The Kier molecular flexibility index (Phi) is 6.11. The first-order valence-electron chi connectivity index (χ1n) is 10.2. The summed E-state index contributed by atoms with van der Waals surface area (Å²) in [5, 5.41) is 19.6. The van der Waals surface area contributed by atoms with Crippen molar-refractivity contribution in [2.75, 3.05) is 6.54 Å². The number of nitrogens with two attached hydrogens (primary N) is 1. The number of nitriles is 1. The molecule has 6 heteroatoms. The molecule has 4 aromatic rings. The third-order valence-corrected chi connectivity index (χ3v) is 5.02. The lowest BCUT2D eigenvalue weighted by Gasteiger charge is -2.13. The molecule has 0 aliphatic heterocycles. The molecule has 1 heterocycles. The molecule has 0 atom stereocenters. The fourth-order valence-corrected chi connectivity index (χ4v) is 3.47. The van der Waals surface area contributed by atoms with Gasteiger partial charge < -0.3 is 15.6 Å². The number of hydrogen-bond acceptors (Lipinski definition) is 6. The Morgan fingerprint density at radius 3 is 2.47 bits per heavy atom. The van der Waals surface area contributed by atoms with Crippen molar-refractivity contribution < 1.29 is 9.84 Å². The monoisotopic (exact) mass is 422 g/mol. The number of phenols is 1. The Morgan fingerprint density at radius 1 is 0.969 bits per heavy atom. The van der Waals surface area contributed by atoms with Gasteiger partial charge in [-0.05, 0) is 61.3 Å². The summed E-state index contributed by atoms with van der Waals surface area (Å²) in [6, 6.07) is 24.2. The Hall–Kier alpha value is -4.21. The maximum atomic E-state index is 10.2. The lowest BCUT2D eigenvalue weighted by atomic mass is 10.0. The summed E-state index contributed by atoms with van der Waals surface area (Å²) in [5.74, 6) is 1.47. The van der Waals surface area contributed by atoms with Gasteiger partial charge in [0.1, 0.15) is 17.3 Å². The number of aryl methyl sites for hydroxylation is 1. The summed E-state index contributed by atoms with van der Waals surface area (Å²) < 4.78 is 6.16. The second kappa shape index (κ2) is 9.29. The highest BCUT2D eigenvalue weighted by Gasteiger charge is 2.13. The Labute approximate surface area is 186 Å². The molecular formula is C26H22N4O2. The van der Waals surface area contributed by atoms with E-state index in [0.29, 0.717) is 40.8 Å². The van der Waals surface area contributed by atoms with Crippen molar-refractivity contribution in [3.05, 3.63) is 89.7 Å². The minimum Gasteiger partial charge on any atom is -0.507 e. The molecule has 32 heavy (non-hydrogen) atoms. The number of hydrogen-bond donors (Lipinski definition) is 2. The van der Waals surface area contributed by atoms with Gasteiger partial charge in [-0.3, -0.25) is 0 Å². The molecule has 0 aliphatic rings. The van der Waals surface area contributed by atoms with Gasteiger partial charge in [-0.1, -0.05) is 36.4 Å². The number of ether oxygens (including phenoxy) is 1. The molecule has 0 fully saturated rings. The second-order valence-corrected chi connectivity index (χ2v) is 7.32. The lowest BCUT2D eigenvalue weighted by Crippen LogP contribution is -2.02. The van der Waals surface area contributed by atoms with Crippen molar-refractivity contribution in [3.8, 4) is 45.8 Å². The van der Waals surface area contributed by atoms with Gasteiger partial charge in [0, 0.05) is 17.2 Å². The molecule has 158 valence electrons. The Bertz CT molecular complexity index is 1290. The summed E-state index contributed by atoms with van der Waals surface area (Å²) in [7, 11) is 0. The highest BCUT2D eigenvalue weighted by molar-refractivity contribution is 5.73. The van der Waals surface area contributed by atoms with Crippen LogP contribution in [0.25, 0.3) is 22.4 Å². The molecule has 0 unspecified atom stereocenters. The molecule has 0 aliphatic carbocycles. The van der Waals surface area contributed by atoms with Crippen LogP contribution in [0.1, 0.15) is 17.0 Å². The van der Waals surface area contributed by atoms with E-state index in [1.165, 1.54) is 0 Å². The summed E-state index contributed by atoms with van der Waals surface area (Å²) in [6.07, 6.45) is 0.812. The molecule has 0 bridgehead atoms. The summed E-state index contributed by atoms with van der Waals surface area (Å²) in [6.45, 7) is 2.36. The highest BCUT2D eigenvalue weighted by atomic mass is 16.5. The second-order valence-electron chi connectivity index (χ2n) is 7.32. The van der Waals surface area contributed by atoms with E-state index in [-0.39, 0.29) is 5.75 Å². The SMILES string of the molecule is Cc1nc(Oc2cc(C#N)ccc2-c2ccc(CCN)cc2)cc(-c2ccccc2O)n1. The molecule has 0 saturated carbocycles. The van der Waals surface area contributed by atoms with Crippen LogP contribution in [-0.2, 0) is 6.42 Å². The van der Waals surface area contributed by atoms with E-state index in [0.717, 1.165) is 23.1 Å². The van der Waals surface area contributed by atoms with Crippen LogP contribution in [0.3, 0.4) is 0 Å². The Balaban J connectivity index is 1.74. The van der Waals surface area contributed by atoms with Gasteiger partial charge in [0.25, 0.3) is 0 Å². The molecular weight excluding hydrogens is 400 g/mol. The van der Waals surface area contributed by atoms with Crippen molar-refractivity contribution in [2.45, 2.75) is 13.3 Å². The van der Waals surface area contributed by atoms with Crippen LogP contribution < -0.4 is 10.5 Å². The molecule has 0 saturated heterocycles. The molecule has 3 aromatic carbocycles. The first-order chi connectivity index (χ1) is 15.6. The van der Waals surface area contributed by atoms with Crippen LogP contribution in [0.4, 0.5) is 0 Å². The van der Waals surface area contributed by atoms with E-state index < -0.39 is 0 Å². The number of aromatic hydroxyl groups is 1. The maximum Gasteiger partial charge on any atom is 0.223 e. The predicted octanol–water partition coefficient (Wildman–Crippen LogP) is 4.99. The standard InChI is InChI=1S/C26H22N4O2/c1-17-29-23(22-4-2-3-5-24(22)31)15-26(30-17)32-25-14-19(16-28)8-11-21(25)20-9-6-18(7-10-20)12-13-27/h2-11,14-15,31H,12-13,27H2,1H3. The maximum absolute atomic E-state index is 10.2. The van der Waals surface area contributed by atoms with Crippen LogP contribution in [0, 0.1) is 18.3 Å². The topological polar surface area (TPSA) is 105 Å². The first kappa shape index (κ1) is 21.0. The van der Waals surface area contributed by atoms with Gasteiger partial charge in [-0.25, -0.2) is 4.98 Å². The van der Waals surface area contributed by atoms with Gasteiger partial charge in [0.2, 0.25) is 5.88 Å². The number of aromatic nitrogens is 2. The predicted molar refractivity (Wildman–Crippen MR) is 123 cm³/mol. The molecule has 4 rings (SSSR count). The van der Waals surface area contributed by atoms with Crippen molar-refractivity contribution in [1.82, 2.24) is 9.97 Å². The third kappa shape index (κ3) is 4.59. The summed E-state index contributed by atoms with van der Waals surface area (Å²) in [5.41, 5.74) is 10.2. The molecule has 0 amide bonds. The van der Waals surface area contributed by atoms with Crippen LogP contribution in [-0.4, -0.2) is 21.6 Å². The zero-order valence-corrected chi connectivity index (χ0v) is 17.6. The molecule has 0 radical (unpaired) electrons. The average molecular weight is 422 g/mol. The minimum absolute atomic E-state index is 0.126. The van der Waals surface area contributed by atoms with Gasteiger partial charge in [-0.2, -0.15) is 10.2 Å². The van der Waals surface area contributed by atoms with E-state index >= 15 is 0 Å². The zero-order chi connectivity index (χ0) is 22.5. The fourth-order valence-electron chi connectivity index (χ4n) is 3.47. The van der Waals surface area contributed by atoms with Gasteiger partial charge in [0.15, 0.2) is 0 Å². The number of para-hydroxylation sites is 1. The van der Waals surface area contributed by atoms with Gasteiger partial charge in [0.05, 0.1) is 17.3 Å². The van der Waals surface area contributed by atoms with E-state index in [2.05, 4.69) is 16.0 Å². The third-order valence-electron chi connectivity index (χ3n) is 5.02. The molecule has 6 nitrogen and oxygen atoms in total. The Morgan fingerprint density at radius 2 is 1.75 bits per heavy atom. The smallest absolute Gasteiger partial charge is 0.223 e. The molecule has 1 aromatic heterocycles. The lowest BCUT2D eigenvalue weighted by molar-refractivity contribution is 0.461. The van der Waals surface area contributed by atoms with E-state index in [1.54, 1.807) is 43.3 Å². The van der Waals surface area contributed by atoms with E-state index in [9.17, 15) is 10.4 Å². The van der Waals surface area contributed by atoms with Crippen LogP contribution in [0.2, 0.25) is 0 Å². The van der Waals surface area contributed by atoms with Crippen LogP contribution >= 0.6 is 0 Å². The first-order valence-corrected chi connectivity index (χ1v) is 10.2. The van der Waals surface area contributed by atoms with Crippen molar-refractivity contribution in [3.63, 3.8) is 0 Å². The number of phenolic OH excluding ortho intramolecular Hbond substituents is 1. The summed E-state index contributed by atoms with van der Waals surface area (Å²) >= 11 is 0. The zero-order valence-electron chi connectivity index (χ0n) is 17.6. The normalized spacial score (nSPS) is 10.5. The molecule has 0 spiro atoms. The van der Waals surface area contributed by atoms with E-state index in [4.69, 9.17) is 10.5 Å². The van der Waals surface area contributed by atoms with Gasteiger partial charge >= 0.3 is 0 Å².